The van der Waals surface area contributed by atoms with Crippen LogP contribution in [0.25, 0.3) is 16.6 Å². The van der Waals surface area contributed by atoms with E-state index in [1.165, 1.54) is 0 Å². The van der Waals surface area contributed by atoms with Crippen LogP contribution < -0.4 is 16.0 Å². The molecule has 5 aromatic rings. The molecule has 9 heteroatoms. The quantitative estimate of drug-likeness (QED) is 0.109. The monoisotopic (exact) mass is 616 g/mol. The fraction of sp³-hybridized carbons (Fsp3) is 0.297. The van der Waals surface area contributed by atoms with Crippen LogP contribution in [0.15, 0.2) is 85.1 Å². The Morgan fingerprint density at radius 1 is 0.913 bits per heavy atom. The zero-order valence-electron chi connectivity index (χ0n) is 26.7. The molecular weight excluding hydrogens is 576 g/mol. The summed E-state index contributed by atoms with van der Waals surface area (Å²) in [5, 5.41) is 14.9. The molecule has 236 valence electrons. The van der Waals surface area contributed by atoms with Gasteiger partial charge in [-0.3, -0.25) is 14.9 Å². The third-order valence-corrected chi connectivity index (χ3v) is 8.74. The number of carbonyl (C=O) groups is 3. The summed E-state index contributed by atoms with van der Waals surface area (Å²) in [6.07, 6.45) is 3.10. The normalized spacial score (nSPS) is 14.6. The van der Waals surface area contributed by atoms with Crippen molar-refractivity contribution in [2.24, 2.45) is 5.92 Å². The summed E-state index contributed by atoms with van der Waals surface area (Å²) in [4.78, 5) is 44.8. The van der Waals surface area contributed by atoms with Gasteiger partial charge in [-0.2, -0.15) is 5.10 Å². The number of urea groups is 1. The number of amides is 2. The molecule has 2 amide bonds. The fourth-order valence-corrected chi connectivity index (χ4v) is 6.19. The smallest absolute Gasteiger partial charge is 0.324 e. The number of Topliss-reactive ketones (excluding diaryl/α,β-unsaturated/α-hetero) is 2. The predicted molar refractivity (Wildman–Crippen MR) is 182 cm³/mol. The number of carbonyl (C=O) groups excluding carboxylic acids is 3. The molecule has 0 radical (unpaired) electrons. The molecule has 6 rings (SSSR count). The van der Waals surface area contributed by atoms with E-state index in [-0.39, 0.29) is 11.3 Å². The summed E-state index contributed by atoms with van der Waals surface area (Å²) in [7, 11) is 0. The van der Waals surface area contributed by atoms with Crippen LogP contribution in [0, 0.1) is 12.8 Å². The number of hydrogen-bond donors (Lipinski definition) is 4. The highest BCUT2D eigenvalue weighted by atomic mass is 16.2. The molecule has 4 N–H and O–H groups in total. The van der Waals surface area contributed by atoms with Crippen molar-refractivity contribution in [3.8, 4) is 5.69 Å². The van der Waals surface area contributed by atoms with Crippen molar-refractivity contribution >= 4 is 40.0 Å². The van der Waals surface area contributed by atoms with Gasteiger partial charge < -0.3 is 15.6 Å². The van der Waals surface area contributed by atoms with Gasteiger partial charge in [-0.05, 0) is 68.6 Å². The van der Waals surface area contributed by atoms with Gasteiger partial charge in [0.1, 0.15) is 5.82 Å². The number of aryl methyl sites for hydroxylation is 1. The van der Waals surface area contributed by atoms with Crippen molar-refractivity contribution in [1.29, 1.82) is 0 Å². The van der Waals surface area contributed by atoms with Crippen LogP contribution in [-0.2, 0) is 10.2 Å². The van der Waals surface area contributed by atoms with Crippen LogP contribution in [0.1, 0.15) is 66.7 Å². The SMILES string of the molecule is Cc1ccc(-n2nc(C(C)(C)C)cc2NC(=O)Nc2ccccc2C(C(=O)C(=O)c2c[nH]c3ccccc23)C2CCNCC2)cc1. The number of aromatic amines is 1. The number of para-hydroxylation sites is 2. The minimum atomic E-state index is -0.717. The first kappa shape index (κ1) is 31.0. The average molecular weight is 617 g/mol. The Balaban J connectivity index is 1.31. The summed E-state index contributed by atoms with van der Waals surface area (Å²) in [5.74, 6) is -1.27. The van der Waals surface area contributed by atoms with Crippen LogP contribution in [-0.4, -0.2) is 45.5 Å². The maximum atomic E-state index is 14.2. The van der Waals surface area contributed by atoms with Crippen molar-refractivity contribution in [2.45, 2.75) is 51.9 Å². The van der Waals surface area contributed by atoms with Gasteiger partial charge >= 0.3 is 6.03 Å². The van der Waals surface area contributed by atoms with Crippen LogP contribution in [0.2, 0.25) is 0 Å². The topological polar surface area (TPSA) is 121 Å². The molecule has 0 aliphatic carbocycles. The molecule has 3 heterocycles. The molecule has 0 spiro atoms. The number of anilines is 2. The predicted octanol–water partition coefficient (Wildman–Crippen LogP) is 7.14. The minimum Gasteiger partial charge on any atom is -0.360 e. The Hall–Kier alpha value is -5.02. The average Bonchev–Trinajstić information content (AvgIpc) is 3.67. The number of rotatable bonds is 8. The van der Waals surface area contributed by atoms with E-state index in [4.69, 9.17) is 5.10 Å². The van der Waals surface area contributed by atoms with E-state index in [0.29, 0.717) is 22.6 Å². The third-order valence-electron chi connectivity index (χ3n) is 8.74. The van der Waals surface area contributed by atoms with Gasteiger partial charge in [-0.15, -0.1) is 0 Å². The molecule has 1 atom stereocenters. The van der Waals surface area contributed by atoms with E-state index in [9.17, 15) is 14.4 Å². The molecule has 0 bridgehead atoms. The molecule has 3 aromatic carbocycles. The van der Waals surface area contributed by atoms with Crippen molar-refractivity contribution in [2.75, 3.05) is 23.7 Å². The Kier molecular flexibility index (Phi) is 8.60. The molecule has 2 aromatic heterocycles. The first-order valence-electron chi connectivity index (χ1n) is 15.8. The van der Waals surface area contributed by atoms with Gasteiger partial charge in [0.25, 0.3) is 0 Å². The maximum absolute atomic E-state index is 14.2. The van der Waals surface area contributed by atoms with E-state index in [0.717, 1.165) is 53.8 Å². The second-order valence-corrected chi connectivity index (χ2v) is 13.1. The van der Waals surface area contributed by atoms with E-state index in [1.54, 1.807) is 16.9 Å². The van der Waals surface area contributed by atoms with Crippen LogP contribution in [0.3, 0.4) is 0 Å². The third kappa shape index (κ3) is 6.37. The molecule has 1 aliphatic rings. The fourth-order valence-electron chi connectivity index (χ4n) is 6.19. The lowest BCUT2D eigenvalue weighted by Gasteiger charge is -2.31. The molecule has 1 aliphatic heterocycles. The lowest BCUT2D eigenvalue weighted by Crippen LogP contribution is -2.36. The van der Waals surface area contributed by atoms with Crippen molar-refractivity contribution in [1.82, 2.24) is 20.1 Å². The highest BCUT2D eigenvalue weighted by Crippen LogP contribution is 2.37. The number of aromatic nitrogens is 3. The Morgan fingerprint density at radius 2 is 1.61 bits per heavy atom. The molecule has 1 fully saturated rings. The van der Waals surface area contributed by atoms with Crippen molar-refractivity contribution in [3.63, 3.8) is 0 Å². The van der Waals surface area contributed by atoms with Crippen LogP contribution in [0.5, 0.6) is 0 Å². The Bertz CT molecular complexity index is 1890. The number of hydrogen-bond acceptors (Lipinski definition) is 5. The van der Waals surface area contributed by atoms with Gasteiger partial charge in [0, 0.05) is 34.3 Å². The molecule has 46 heavy (non-hydrogen) atoms. The maximum Gasteiger partial charge on any atom is 0.324 e. The van der Waals surface area contributed by atoms with Crippen LogP contribution in [0.4, 0.5) is 16.3 Å². The zero-order valence-corrected chi connectivity index (χ0v) is 26.7. The number of H-pyrrole nitrogens is 1. The number of nitrogens with zero attached hydrogens (tertiary/aromatic N) is 2. The van der Waals surface area contributed by atoms with E-state index < -0.39 is 23.5 Å². The number of piperidine rings is 1. The van der Waals surface area contributed by atoms with E-state index >= 15 is 0 Å². The first-order chi connectivity index (χ1) is 22.1. The Morgan fingerprint density at radius 3 is 2.35 bits per heavy atom. The second-order valence-electron chi connectivity index (χ2n) is 13.1. The summed E-state index contributed by atoms with van der Waals surface area (Å²) < 4.78 is 1.73. The molecule has 1 unspecified atom stereocenters. The zero-order chi connectivity index (χ0) is 32.4. The lowest BCUT2D eigenvalue weighted by molar-refractivity contribution is -0.117. The number of nitrogens with one attached hydrogen (secondary N) is 4. The van der Waals surface area contributed by atoms with Crippen molar-refractivity contribution < 1.29 is 14.4 Å². The van der Waals surface area contributed by atoms with Gasteiger partial charge in [0.15, 0.2) is 0 Å². The van der Waals surface area contributed by atoms with Gasteiger partial charge in [-0.1, -0.05) is 74.9 Å². The molecule has 9 nitrogen and oxygen atoms in total. The van der Waals surface area contributed by atoms with E-state index in [1.807, 2.05) is 79.7 Å². The standard InChI is InChI=1S/C37H40N6O3/c1-23-13-15-25(16-14-23)43-32(21-31(42-43)37(2,3)4)41-36(46)40-30-12-8-6-10-27(30)33(24-17-19-38-20-18-24)35(45)34(44)28-22-39-29-11-7-5-9-26(28)29/h5-16,21-22,24,33,38-39H,17-20H2,1-4H3,(H2,40,41,46). The lowest BCUT2D eigenvalue weighted by atomic mass is 9.75. The molecule has 1 saturated heterocycles. The van der Waals surface area contributed by atoms with Crippen LogP contribution >= 0.6 is 0 Å². The van der Waals surface area contributed by atoms with Crippen molar-refractivity contribution in [3.05, 3.63) is 107 Å². The number of ketones is 2. The van der Waals surface area contributed by atoms with Gasteiger partial charge in [0.05, 0.1) is 22.9 Å². The Labute approximate surface area is 268 Å². The van der Waals surface area contributed by atoms with E-state index in [2.05, 4.69) is 41.7 Å². The molecule has 0 saturated carbocycles. The summed E-state index contributed by atoms with van der Waals surface area (Å²) in [6.45, 7) is 9.75. The van der Waals surface area contributed by atoms with Gasteiger partial charge in [0.2, 0.25) is 11.6 Å². The second kappa shape index (κ2) is 12.8. The summed E-state index contributed by atoms with van der Waals surface area (Å²) >= 11 is 0. The minimum absolute atomic E-state index is 0.0637. The summed E-state index contributed by atoms with van der Waals surface area (Å²) in [6, 6.07) is 24.1. The highest BCUT2D eigenvalue weighted by molar-refractivity contribution is 6.47. The molecular formula is C37H40N6O3. The number of benzene rings is 3. The highest BCUT2D eigenvalue weighted by Gasteiger charge is 2.37. The summed E-state index contributed by atoms with van der Waals surface area (Å²) in [5.41, 5.74) is 4.82. The first-order valence-corrected chi connectivity index (χ1v) is 15.8. The number of fused-ring (bicyclic) bond motifs is 1. The van der Waals surface area contributed by atoms with Gasteiger partial charge in [-0.25, -0.2) is 9.48 Å². The largest absolute Gasteiger partial charge is 0.360 e.